The van der Waals surface area contributed by atoms with E-state index in [-0.39, 0.29) is 0 Å². The van der Waals surface area contributed by atoms with E-state index in [1.807, 2.05) is 12.4 Å². The predicted molar refractivity (Wildman–Crippen MR) is 123 cm³/mol. The highest BCUT2D eigenvalue weighted by atomic mass is 31.2. The molecule has 1 aromatic heterocycles. The molecular formula is C26H25NP+. The first kappa shape index (κ1) is 18.6. The fourth-order valence-electron chi connectivity index (χ4n) is 3.93. The number of aryl methyl sites for hydroxylation is 2. The van der Waals surface area contributed by atoms with E-state index in [4.69, 9.17) is 0 Å². The van der Waals surface area contributed by atoms with Crippen LogP contribution in [0.4, 0.5) is 0 Å². The van der Waals surface area contributed by atoms with Crippen LogP contribution in [0.5, 0.6) is 0 Å². The molecule has 0 spiro atoms. The fourth-order valence-corrected chi connectivity index (χ4v) is 8.24. The molecule has 0 aliphatic carbocycles. The Morgan fingerprint density at radius 3 is 1.54 bits per heavy atom. The molecule has 1 nitrogen and oxygen atoms in total. The lowest BCUT2D eigenvalue weighted by Gasteiger charge is -2.27. The summed E-state index contributed by atoms with van der Waals surface area (Å²) in [6.07, 6.45) is 6.05. The molecule has 2 heteroatoms. The lowest BCUT2D eigenvalue weighted by atomic mass is 10.2. The molecular weight excluding hydrogens is 357 g/mol. The topological polar surface area (TPSA) is 12.9 Å². The molecule has 0 amide bonds. The Hall–Kier alpha value is -2.76. The van der Waals surface area contributed by atoms with Crippen molar-refractivity contribution in [3.63, 3.8) is 0 Å². The molecule has 0 N–H and O–H groups in total. The first-order chi connectivity index (χ1) is 13.8. The number of hydrogen-bond acceptors (Lipinski definition) is 1. The average Bonchev–Trinajstić information content (AvgIpc) is 2.77. The maximum Gasteiger partial charge on any atom is 0.112 e. The van der Waals surface area contributed by atoms with Crippen LogP contribution < -0.4 is 15.9 Å². The summed E-state index contributed by atoms with van der Waals surface area (Å²) in [5.74, 6) is 0. The molecule has 0 atom stereocenters. The van der Waals surface area contributed by atoms with Crippen LogP contribution >= 0.6 is 7.26 Å². The Morgan fingerprint density at radius 2 is 1.11 bits per heavy atom. The third kappa shape index (κ3) is 3.77. The van der Waals surface area contributed by atoms with Crippen molar-refractivity contribution in [2.45, 2.75) is 13.3 Å². The van der Waals surface area contributed by atoms with Crippen LogP contribution in [0, 0.1) is 6.92 Å². The van der Waals surface area contributed by atoms with E-state index >= 15 is 0 Å². The van der Waals surface area contributed by atoms with Crippen LogP contribution in [0.3, 0.4) is 0 Å². The van der Waals surface area contributed by atoms with E-state index in [0.717, 1.165) is 12.6 Å². The maximum absolute atomic E-state index is 4.42. The zero-order valence-corrected chi connectivity index (χ0v) is 17.1. The smallest absolute Gasteiger partial charge is 0.112 e. The molecule has 0 fully saturated rings. The van der Waals surface area contributed by atoms with Crippen LogP contribution in [0.25, 0.3) is 0 Å². The normalized spacial score (nSPS) is 11.3. The average molecular weight is 382 g/mol. The Bertz CT molecular complexity index is 917. The van der Waals surface area contributed by atoms with Crippen molar-refractivity contribution in [3.8, 4) is 0 Å². The Morgan fingerprint density at radius 1 is 0.643 bits per heavy atom. The molecule has 28 heavy (non-hydrogen) atoms. The van der Waals surface area contributed by atoms with E-state index in [1.165, 1.54) is 27.0 Å². The van der Waals surface area contributed by atoms with Crippen LogP contribution in [-0.2, 0) is 6.42 Å². The molecule has 0 bridgehead atoms. The SMILES string of the molecule is Cc1cncc(CC[P+](c2ccccc2)(c2ccccc2)c2ccccc2)c1. The van der Waals surface area contributed by atoms with Crippen LogP contribution in [0.1, 0.15) is 11.1 Å². The van der Waals surface area contributed by atoms with Crippen LogP contribution in [0.2, 0.25) is 0 Å². The molecule has 138 valence electrons. The van der Waals surface area contributed by atoms with E-state index in [0.29, 0.717) is 0 Å². The Labute approximate surface area is 168 Å². The minimum Gasteiger partial charge on any atom is -0.264 e. The highest BCUT2D eigenvalue weighted by Gasteiger charge is 2.44. The monoisotopic (exact) mass is 382 g/mol. The molecule has 0 aliphatic rings. The van der Waals surface area contributed by atoms with Crippen molar-refractivity contribution < 1.29 is 0 Å². The van der Waals surface area contributed by atoms with Gasteiger partial charge < -0.3 is 0 Å². The second kappa shape index (κ2) is 8.50. The number of benzene rings is 3. The zero-order valence-electron chi connectivity index (χ0n) is 16.2. The van der Waals surface area contributed by atoms with Gasteiger partial charge in [-0.1, -0.05) is 60.7 Å². The first-order valence-electron chi connectivity index (χ1n) is 9.74. The second-order valence-corrected chi connectivity index (χ2v) is 10.8. The number of hydrogen-bond donors (Lipinski definition) is 0. The summed E-state index contributed by atoms with van der Waals surface area (Å²) in [5.41, 5.74) is 2.53. The molecule has 0 radical (unpaired) electrons. The molecule has 4 aromatic rings. The minimum absolute atomic E-state index is 1.02. The highest BCUT2D eigenvalue weighted by Crippen LogP contribution is 2.55. The minimum atomic E-state index is -1.76. The standard InChI is InChI=1S/C26H25NP/c1-22-19-23(21-27-20-22)17-18-28(24-11-5-2-6-12-24,25-13-7-3-8-14-25)26-15-9-4-10-16-26/h2-16,19-21H,17-18H2,1H3/q+1. The molecule has 0 unspecified atom stereocenters. The lowest BCUT2D eigenvalue weighted by Crippen LogP contribution is -2.34. The third-order valence-electron chi connectivity index (χ3n) is 5.26. The summed E-state index contributed by atoms with van der Waals surface area (Å²) < 4.78 is 0. The zero-order chi connectivity index (χ0) is 19.2. The van der Waals surface area contributed by atoms with Crippen molar-refractivity contribution in [2.75, 3.05) is 6.16 Å². The van der Waals surface area contributed by atoms with Gasteiger partial charge in [-0.25, -0.2) is 0 Å². The van der Waals surface area contributed by atoms with Gasteiger partial charge in [-0.2, -0.15) is 0 Å². The lowest BCUT2D eigenvalue weighted by molar-refractivity contribution is 1.09. The number of pyridine rings is 1. The molecule has 0 saturated heterocycles. The summed E-state index contributed by atoms with van der Waals surface area (Å²) in [4.78, 5) is 4.42. The van der Waals surface area contributed by atoms with Gasteiger partial charge in [-0.05, 0) is 54.4 Å². The van der Waals surface area contributed by atoms with Crippen molar-refractivity contribution in [2.24, 2.45) is 0 Å². The Balaban J connectivity index is 1.88. The van der Waals surface area contributed by atoms with Crippen molar-refractivity contribution in [1.82, 2.24) is 4.98 Å². The maximum atomic E-state index is 4.42. The van der Waals surface area contributed by atoms with Crippen molar-refractivity contribution in [1.29, 1.82) is 0 Å². The number of rotatable bonds is 6. The summed E-state index contributed by atoms with van der Waals surface area (Å²) in [7, 11) is -1.76. The van der Waals surface area contributed by atoms with Gasteiger partial charge in [0, 0.05) is 18.8 Å². The van der Waals surface area contributed by atoms with Gasteiger partial charge in [0.15, 0.2) is 0 Å². The predicted octanol–water partition coefficient (Wildman–Crippen LogP) is 4.93. The van der Waals surface area contributed by atoms with Gasteiger partial charge in [-0.15, -0.1) is 0 Å². The fraction of sp³-hybridized carbons (Fsp3) is 0.115. The van der Waals surface area contributed by atoms with Crippen molar-refractivity contribution in [3.05, 3.63) is 121 Å². The molecule has 4 rings (SSSR count). The van der Waals surface area contributed by atoms with E-state index in [9.17, 15) is 0 Å². The second-order valence-electron chi connectivity index (χ2n) is 7.16. The molecule has 3 aromatic carbocycles. The summed E-state index contributed by atoms with van der Waals surface area (Å²) >= 11 is 0. The van der Waals surface area contributed by atoms with E-state index < -0.39 is 7.26 Å². The molecule has 1 heterocycles. The summed E-state index contributed by atoms with van der Waals surface area (Å²) in [6.45, 7) is 2.12. The number of aromatic nitrogens is 1. The largest absolute Gasteiger partial charge is 0.264 e. The molecule has 0 aliphatic heterocycles. The molecule has 0 saturated carbocycles. The summed E-state index contributed by atoms with van der Waals surface area (Å²) in [6, 6.07) is 35.5. The van der Waals surface area contributed by atoms with Crippen molar-refractivity contribution >= 4 is 23.2 Å². The number of nitrogens with zero attached hydrogens (tertiary/aromatic N) is 1. The van der Waals surface area contributed by atoms with E-state index in [2.05, 4.69) is 109 Å². The van der Waals surface area contributed by atoms with Crippen LogP contribution in [0.15, 0.2) is 109 Å². The third-order valence-corrected chi connectivity index (χ3v) is 9.69. The van der Waals surface area contributed by atoms with Gasteiger partial charge >= 0.3 is 0 Å². The highest BCUT2D eigenvalue weighted by molar-refractivity contribution is 7.95. The van der Waals surface area contributed by atoms with Gasteiger partial charge in [0.05, 0.1) is 6.16 Å². The summed E-state index contributed by atoms with van der Waals surface area (Å²) in [5, 5.41) is 4.31. The van der Waals surface area contributed by atoms with E-state index in [1.54, 1.807) is 0 Å². The first-order valence-corrected chi connectivity index (χ1v) is 11.7. The van der Waals surface area contributed by atoms with Gasteiger partial charge in [0.1, 0.15) is 23.2 Å². The quantitative estimate of drug-likeness (QED) is 0.431. The van der Waals surface area contributed by atoms with Gasteiger partial charge in [0.2, 0.25) is 0 Å². The van der Waals surface area contributed by atoms with Crippen LogP contribution in [-0.4, -0.2) is 11.1 Å². The Kier molecular flexibility index (Phi) is 5.65. The van der Waals surface area contributed by atoms with Gasteiger partial charge in [0.25, 0.3) is 0 Å². The van der Waals surface area contributed by atoms with Gasteiger partial charge in [-0.3, -0.25) is 4.98 Å².